The molecule has 1 atom stereocenters. The highest BCUT2D eigenvalue weighted by molar-refractivity contribution is 14.1. The first kappa shape index (κ1) is 16.4. The van der Waals surface area contributed by atoms with E-state index in [1.165, 1.54) is 26.0 Å². The van der Waals surface area contributed by atoms with Gasteiger partial charge in [-0.15, -0.1) is 0 Å². The Kier molecular flexibility index (Phi) is 4.50. The van der Waals surface area contributed by atoms with Gasteiger partial charge >= 0.3 is 5.97 Å². The first-order chi connectivity index (χ1) is 10.2. The number of aliphatic carboxylic acids is 1. The van der Waals surface area contributed by atoms with Gasteiger partial charge in [-0.25, -0.2) is 9.18 Å². The van der Waals surface area contributed by atoms with Crippen LogP contribution in [0.25, 0.3) is 0 Å². The van der Waals surface area contributed by atoms with Crippen molar-refractivity contribution in [3.05, 3.63) is 65.9 Å². The van der Waals surface area contributed by atoms with E-state index in [1.54, 1.807) is 6.07 Å². The second kappa shape index (κ2) is 6.03. The fraction of sp³-hybridized carbons (Fsp3) is 0.214. The van der Waals surface area contributed by atoms with Gasteiger partial charge in [-0.05, 0) is 48.6 Å². The Morgan fingerprint density at radius 1 is 1.41 bits per heavy atom. The number of carboxylic acid groups (broad SMARTS) is 1. The number of rotatable bonds is 3. The number of hydrogen-bond donors (Lipinski definition) is 2. The van der Waals surface area contributed by atoms with Crippen LogP contribution in [-0.2, 0) is 4.79 Å². The molecular formula is C14H12FIN2O4. The molecule has 0 fully saturated rings. The molecule has 8 heteroatoms. The number of carboxylic acids is 1. The zero-order chi connectivity index (χ0) is 16.6. The molecule has 6 nitrogen and oxygen atoms in total. The maximum absolute atomic E-state index is 14.3. The lowest BCUT2D eigenvalue weighted by Gasteiger charge is -2.25. The maximum atomic E-state index is 14.3. The number of benzene rings is 1. The summed E-state index contributed by atoms with van der Waals surface area (Å²) in [6.45, 7) is 2.97. The van der Waals surface area contributed by atoms with E-state index in [4.69, 9.17) is 0 Å². The normalized spacial score (nSPS) is 18.3. The monoisotopic (exact) mass is 418 g/mol. The molecular weight excluding hydrogens is 406 g/mol. The molecule has 116 valence electrons. The second-order valence-electron chi connectivity index (χ2n) is 4.84. The Labute approximate surface area is 139 Å². The van der Waals surface area contributed by atoms with Crippen LogP contribution in [0.2, 0.25) is 0 Å². The fourth-order valence-electron chi connectivity index (χ4n) is 2.55. The molecule has 2 N–H and O–H groups in total. The quantitative estimate of drug-likeness (QED) is 0.448. The van der Waals surface area contributed by atoms with E-state index in [9.17, 15) is 24.4 Å². The van der Waals surface area contributed by atoms with Crippen molar-refractivity contribution in [2.75, 3.05) is 0 Å². The third-order valence-corrected chi connectivity index (χ3v) is 4.10. The molecule has 2 rings (SSSR count). The van der Waals surface area contributed by atoms with Gasteiger partial charge in [-0.1, -0.05) is 6.07 Å². The van der Waals surface area contributed by atoms with E-state index in [0.29, 0.717) is 3.57 Å². The Hall–Kier alpha value is -1.97. The van der Waals surface area contributed by atoms with E-state index < -0.39 is 22.6 Å². The molecule has 0 aliphatic carbocycles. The van der Waals surface area contributed by atoms with Crippen LogP contribution in [0, 0.1) is 19.5 Å². The largest absolute Gasteiger partial charge is 0.478 e. The zero-order valence-electron chi connectivity index (χ0n) is 11.7. The zero-order valence-corrected chi connectivity index (χ0v) is 13.8. The van der Waals surface area contributed by atoms with Gasteiger partial charge in [0.25, 0.3) is 5.70 Å². The maximum Gasteiger partial charge on any atom is 0.334 e. The van der Waals surface area contributed by atoms with Crippen LogP contribution in [0.15, 0.2) is 40.9 Å². The van der Waals surface area contributed by atoms with Crippen LogP contribution in [-0.4, -0.2) is 16.0 Å². The Morgan fingerprint density at radius 2 is 2.05 bits per heavy atom. The van der Waals surface area contributed by atoms with Crippen LogP contribution < -0.4 is 5.32 Å². The standard InChI is InChI=1S/C14H12FIN2O4/c1-6-11(14(19)20)12(13(18(21)22)7(2)17-6)9-4-3-8(16)5-10(9)15/h3-5,12,17H,1-2H3,(H,19,20)/t12-/m0/s1. The van der Waals surface area contributed by atoms with E-state index in [-0.39, 0.29) is 28.2 Å². The summed E-state index contributed by atoms with van der Waals surface area (Å²) in [5, 5.41) is 23.5. The molecule has 0 radical (unpaired) electrons. The molecule has 1 aliphatic heterocycles. The van der Waals surface area contributed by atoms with Crippen LogP contribution in [0.5, 0.6) is 0 Å². The summed E-state index contributed by atoms with van der Waals surface area (Å²) in [4.78, 5) is 22.2. The molecule has 22 heavy (non-hydrogen) atoms. The summed E-state index contributed by atoms with van der Waals surface area (Å²) < 4.78 is 14.9. The number of halogens is 2. The van der Waals surface area contributed by atoms with Crippen molar-refractivity contribution in [1.82, 2.24) is 5.32 Å². The molecule has 1 aromatic rings. The number of nitro groups is 1. The van der Waals surface area contributed by atoms with Gasteiger partial charge < -0.3 is 10.4 Å². The number of carbonyl (C=O) groups is 1. The molecule has 1 aromatic carbocycles. The van der Waals surface area contributed by atoms with Crippen molar-refractivity contribution in [1.29, 1.82) is 0 Å². The third-order valence-electron chi connectivity index (χ3n) is 3.43. The molecule has 0 saturated heterocycles. The van der Waals surface area contributed by atoms with Gasteiger partial charge in [-0.2, -0.15) is 0 Å². The van der Waals surface area contributed by atoms with Crippen LogP contribution in [0.4, 0.5) is 4.39 Å². The van der Waals surface area contributed by atoms with Gasteiger partial charge in [0.15, 0.2) is 0 Å². The molecule has 0 amide bonds. The van der Waals surface area contributed by atoms with E-state index in [1.807, 2.05) is 22.6 Å². The molecule has 1 heterocycles. The lowest BCUT2D eigenvalue weighted by molar-refractivity contribution is -0.431. The SMILES string of the molecule is CC1=C(C(=O)O)[C@H](c2ccc(I)cc2F)C([N+](=O)[O-])=C(C)N1. The minimum Gasteiger partial charge on any atom is -0.478 e. The summed E-state index contributed by atoms with van der Waals surface area (Å²) in [7, 11) is 0. The summed E-state index contributed by atoms with van der Waals surface area (Å²) in [6.07, 6.45) is 0. The number of nitrogens with one attached hydrogen (secondary N) is 1. The molecule has 0 bridgehead atoms. The predicted octanol–water partition coefficient (Wildman–Crippen LogP) is 2.98. The number of dihydropyridines is 1. The number of hydrogen-bond acceptors (Lipinski definition) is 4. The molecule has 0 aromatic heterocycles. The van der Waals surface area contributed by atoms with Gasteiger partial charge in [0, 0.05) is 14.8 Å². The Morgan fingerprint density at radius 3 is 2.55 bits per heavy atom. The van der Waals surface area contributed by atoms with Crippen LogP contribution in [0.1, 0.15) is 25.3 Å². The highest BCUT2D eigenvalue weighted by atomic mass is 127. The van der Waals surface area contributed by atoms with Crippen molar-refractivity contribution >= 4 is 28.6 Å². The Bertz CT molecular complexity index is 706. The van der Waals surface area contributed by atoms with Crippen molar-refractivity contribution in [3.63, 3.8) is 0 Å². The van der Waals surface area contributed by atoms with Gasteiger partial charge in [0.05, 0.1) is 16.2 Å². The highest BCUT2D eigenvalue weighted by Crippen LogP contribution is 2.39. The van der Waals surface area contributed by atoms with E-state index in [0.717, 1.165) is 0 Å². The molecule has 0 spiro atoms. The minimum atomic E-state index is -1.32. The van der Waals surface area contributed by atoms with Gasteiger partial charge in [0.2, 0.25) is 0 Å². The van der Waals surface area contributed by atoms with Crippen LogP contribution in [0.3, 0.4) is 0 Å². The first-order valence-corrected chi connectivity index (χ1v) is 7.33. The summed E-state index contributed by atoms with van der Waals surface area (Å²) in [6, 6.07) is 4.20. The average Bonchev–Trinajstić information content (AvgIpc) is 2.36. The van der Waals surface area contributed by atoms with Gasteiger partial charge in [-0.3, -0.25) is 10.1 Å². The first-order valence-electron chi connectivity index (χ1n) is 6.25. The second-order valence-corrected chi connectivity index (χ2v) is 6.08. The lowest BCUT2D eigenvalue weighted by Crippen LogP contribution is -2.31. The topological polar surface area (TPSA) is 92.5 Å². The fourth-order valence-corrected chi connectivity index (χ4v) is 3.00. The molecule has 1 aliphatic rings. The average molecular weight is 418 g/mol. The summed E-state index contributed by atoms with van der Waals surface area (Å²) >= 11 is 1.91. The van der Waals surface area contributed by atoms with Crippen molar-refractivity contribution in [2.24, 2.45) is 0 Å². The molecule has 0 saturated carbocycles. The van der Waals surface area contributed by atoms with Crippen molar-refractivity contribution < 1.29 is 19.2 Å². The van der Waals surface area contributed by atoms with Crippen LogP contribution >= 0.6 is 22.6 Å². The van der Waals surface area contributed by atoms with E-state index >= 15 is 0 Å². The van der Waals surface area contributed by atoms with Crippen molar-refractivity contribution in [2.45, 2.75) is 19.8 Å². The smallest absolute Gasteiger partial charge is 0.334 e. The predicted molar refractivity (Wildman–Crippen MR) is 85.0 cm³/mol. The summed E-state index contributed by atoms with van der Waals surface area (Å²) in [5.41, 5.74) is -0.140. The molecule has 0 unspecified atom stereocenters. The number of nitrogens with zero attached hydrogens (tertiary/aromatic N) is 1. The lowest BCUT2D eigenvalue weighted by atomic mass is 9.84. The highest BCUT2D eigenvalue weighted by Gasteiger charge is 2.41. The van der Waals surface area contributed by atoms with E-state index in [2.05, 4.69) is 5.32 Å². The number of allylic oxidation sites excluding steroid dienone is 3. The third kappa shape index (κ3) is 2.82. The summed E-state index contributed by atoms with van der Waals surface area (Å²) in [5.74, 6) is -3.25. The minimum absolute atomic E-state index is 0.0234. The Balaban J connectivity index is 2.75. The van der Waals surface area contributed by atoms with Crippen molar-refractivity contribution in [3.8, 4) is 0 Å². The van der Waals surface area contributed by atoms with Gasteiger partial charge in [0.1, 0.15) is 11.7 Å².